The summed E-state index contributed by atoms with van der Waals surface area (Å²) in [7, 11) is 0. The minimum atomic E-state index is -0.346. The predicted octanol–water partition coefficient (Wildman–Crippen LogP) is 4.40. The van der Waals surface area contributed by atoms with E-state index in [0.29, 0.717) is 0 Å². The van der Waals surface area contributed by atoms with Crippen LogP contribution in [0, 0.1) is 24.7 Å². The third-order valence-electron chi connectivity index (χ3n) is 5.65. The van der Waals surface area contributed by atoms with Gasteiger partial charge in [0.2, 0.25) is 0 Å². The zero-order valence-corrected chi connectivity index (χ0v) is 12.6. The summed E-state index contributed by atoms with van der Waals surface area (Å²) in [6.45, 7) is 2.01. The Morgan fingerprint density at radius 3 is 2.86 bits per heavy atom. The van der Waals surface area contributed by atoms with Crippen molar-refractivity contribution >= 4 is 10.9 Å². The van der Waals surface area contributed by atoms with Crippen LogP contribution >= 0.6 is 0 Å². The van der Waals surface area contributed by atoms with Gasteiger partial charge in [0.15, 0.2) is 0 Å². The van der Waals surface area contributed by atoms with Crippen LogP contribution in [0.2, 0.25) is 0 Å². The molecule has 0 radical (unpaired) electrons. The Kier molecular flexibility index (Phi) is 3.22. The van der Waals surface area contributed by atoms with Gasteiger partial charge in [-0.25, -0.2) is 0 Å². The molecule has 0 spiro atoms. The minimum Gasteiger partial charge on any atom is -0.388 e. The first-order valence-corrected chi connectivity index (χ1v) is 8.25. The molecule has 2 aromatic rings. The van der Waals surface area contributed by atoms with E-state index in [1.165, 1.54) is 25.7 Å². The normalized spacial score (nSPS) is 29.1. The number of aliphatic hydroxyl groups excluding tert-OH is 1. The molecular weight excluding hydrogens is 258 g/mol. The topological polar surface area (TPSA) is 33.1 Å². The second-order valence-electron chi connectivity index (χ2n) is 7.06. The van der Waals surface area contributed by atoms with Crippen LogP contribution in [0.3, 0.4) is 0 Å². The van der Waals surface area contributed by atoms with Crippen LogP contribution in [0.15, 0.2) is 30.3 Å². The summed E-state index contributed by atoms with van der Waals surface area (Å²) in [4.78, 5) is 4.58. The molecule has 4 unspecified atom stereocenters. The van der Waals surface area contributed by atoms with Crippen molar-refractivity contribution in [2.24, 2.45) is 17.8 Å². The fourth-order valence-corrected chi connectivity index (χ4v) is 4.69. The average Bonchev–Trinajstić information content (AvgIpc) is 3.08. The van der Waals surface area contributed by atoms with Crippen LogP contribution in [-0.4, -0.2) is 10.1 Å². The molecule has 2 saturated carbocycles. The van der Waals surface area contributed by atoms with Crippen molar-refractivity contribution in [3.63, 3.8) is 0 Å². The van der Waals surface area contributed by atoms with E-state index in [-0.39, 0.29) is 6.10 Å². The Morgan fingerprint density at radius 2 is 2.10 bits per heavy atom. The van der Waals surface area contributed by atoms with E-state index in [4.69, 9.17) is 0 Å². The molecule has 2 heteroatoms. The molecule has 4 atom stereocenters. The number of aryl methyl sites for hydroxylation is 1. The highest BCUT2D eigenvalue weighted by Gasteiger charge is 2.40. The van der Waals surface area contributed by atoms with Gasteiger partial charge in [0, 0.05) is 11.1 Å². The number of para-hydroxylation sites is 1. The summed E-state index contributed by atoms with van der Waals surface area (Å²) in [5.41, 5.74) is 3.07. The Balaban J connectivity index is 1.63. The third kappa shape index (κ3) is 2.36. The monoisotopic (exact) mass is 281 g/mol. The summed E-state index contributed by atoms with van der Waals surface area (Å²) in [6.07, 6.45) is 6.14. The Morgan fingerprint density at radius 1 is 1.24 bits per heavy atom. The molecule has 1 aromatic heterocycles. The zero-order valence-electron chi connectivity index (χ0n) is 12.6. The van der Waals surface area contributed by atoms with E-state index < -0.39 is 0 Å². The number of pyridine rings is 1. The van der Waals surface area contributed by atoms with Crippen molar-refractivity contribution in [1.82, 2.24) is 4.98 Å². The van der Waals surface area contributed by atoms with Crippen LogP contribution in [0.1, 0.15) is 49.5 Å². The minimum absolute atomic E-state index is 0.346. The fraction of sp³-hybridized carbons (Fsp3) is 0.526. The lowest BCUT2D eigenvalue weighted by Crippen LogP contribution is -2.14. The van der Waals surface area contributed by atoms with Crippen molar-refractivity contribution < 1.29 is 5.11 Å². The van der Waals surface area contributed by atoms with Gasteiger partial charge in [-0.3, -0.25) is 4.98 Å². The van der Waals surface area contributed by atoms with Crippen LogP contribution in [0.25, 0.3) is 10.9 Å². The van der Waals surface area contributed by atoms with E-state index in [0.717, 1.165) is 46.3 Å². The molecule has 1 heterocycles. The maximum atomic E-state index is 10.8. The van der Waals surface area contributed by atoms with E-state index >= 15 is 0 Å². The van der Waals surface area contributed by atoms with Crippen LogP contribution in [0.4, 0.5) is 0 Å². The average molecular weight is 281 g/mol. The number of rotatable bonds is 3. The number of hydrogen-bond donors (Lipinski definition) is 1. The second kappa shape index (κ2) is 5.10. The third-order valence-corrected chi connectivity index (χ3v) is 5.65. The van der Waals surface area contributed by atoms with Gasteiger partial charge < -0.3 is 5.11 Å². The molecule has 2 aliphatic rings. The molecular formula is C19H23NO. The molecule has 0 amide bonds. The zero-order chi connectivity index (χ0) is 14.4. The summed E-state index contributed by atoms with van der Waals surface area (Å²) >= 11 is 0. The first kappa shape index (κ1) is 13.3. The smallest absolute Gasteiger partial charge is 0.0800 e. The highest BCUT2D eigenvalue weighted by Crippen LogP contribution is 2.51. The van der Waals surface area contributed by atoms with Gasteiger partial charge in [0.1, 0.15) is 0 Å². The maximum Gasteiger partial charge on any atom is 0.0800 e. The fourth-order valence-electron chi connectivity index (χ4n) is 4.69. The van der Waals surface area contributed by atoms with Gasteiger partial charge in [0.25, 0.3) is 0 Å². The lowest BCUT2D eigenvalue weighted by Gasteiger charge is -2.25. The number of hydrogen-bond acceptors (Lipinski definition) is 2. The summed E-state index contributed by atoms with van der Waals surface area (Å²) in [5, 5.41) is 11.9. The maximum absolute atomic E-state index is 10.8. The van der Waals surface area contributed by atoms with E-state index in [2.05, 4.69) is 17.1 Å². The van der Waals surface area contributed by atoms with Crippen molar-refractivity contribution in [3.8, 4) is 0 Å². The van der Waals surface area contributed by atoms with E-state index in [9.17, 15) is 5.11 Å². The van der Waals surface area contributed by atoms with Crippen molar-refractivity contribution in [1.29, 1.82) is 0 Å². The molecule has 0 saturated heterocycles. The van der Waals surface area contributed by atoms with Crippen LogP contribution in [-0.2, 0) is 0 Å². The molecule has 21 heavy (non-hydrogen) atoms. The SMILES string of the molecule is Cc1cc(C(O)CC2CC3CCC2C3)c2ccccc2n1. The summed E-state index contributed by atoms with van der Waals surface area (Å²) < 4.78 is 0. The number of aliphatic hydroxyl groups is 1. The highest BCUT2D eigenvalue weighted by molar-refractivity contribution is 5.82. The van der Waals surface area contributed by atoms with Crippen LogP contribution in [0.5, 0.6) is 0 Å². The van der Waals surface area contributed by atoms with Crippen molar-refractivity contribution in [2.75, 3.05) is 0 Å². The standard InChI is InChI=1S/C19H23NO/c1-12-8-17(16-4-2-3-5-18(16)20-12)19(21)11-15-10-13-6-7-14(15)9-13/h2-5,8,13-15,19,21H,6-7,9-11H2,1H3. The predicted molar refractivity (Wildman–Crippen MR) is 85.0 cm³/mol. The summed E-state index contributed by atoms with van der Waals surface area (Å²) in [5.74, 6) is 2.55. The van der Waals surface area contributed by atoms with Gasteiger partial charge in [-0.15, -0.1) is 0 Å². The number of aromatic nitrogens is 1. The Labute approximate surface area is 126 Å². The molecule has 2 nitrogen and oxygen atoms in total. The Bertz CT molecular complexity index is 666. The number of fused-ring (bicyclic) bond motifs is 3. The van der Waals surface area contributed by atoms with Gasteiger partial charge in [0.05, 0.1) is 11.6 Å². The van der Waals surface area contributed by atoms with Crippen LogP contribution < -0.4 is 0 Å². The molecule has 1 aromatic carbocycles. The lowest BCUT2D eigenvalue weighted by molar-refractivity contribution is 0.127. The molecule has 1 N–H and O–H groups in total. The van der Waals surface area contributed by atoms with Crippen molar-refractivity contribution in [3.05, 3.63) is 41.6 Å². The van der Waals surface area contributed by atoms with E-state index in [1.807, 2.05) is 25.1 Å². The molecule has 2 fully saturated rings. The molecule has 4 rings (SSSR count). The first-order chi connectivity index (χ1) is 10.2. The van der Waals surface area contributed by atoms with Gasteiger partial charge >= 0.3 is 0 Å². The van der Waals surface area contributed by atoms with Gasteiger partial charge in [-0.05, 0) is 68.1 Å². The lowest BCUT2D eigenvalue weighted by atomic mass is 9.83. The quantitative estimate of drug-likeness (QED) is 0.904. The van der Waals surface area contributed by atoms with Gasteiger partial charge in [-0.2, -0.15) is 0 Å². The molecule has 2 bridgehead atoms. The first-order valence-electron chi connectivity index (χ1n) is 8.25. The van der Waals surface area contributed by atoms with Crippen molar-refractivity contribution in [2.45, 2.75) is 45.1 Å². The van der Waals surface area contributed by atoms with E-state index in [1.54, 1.807) is 0 Å². The largest absolute Gasteiger partial charge is 0.388 e. The van der Waals surface area contributed by atoms with Gasteiger partial charge in [-0.1, -0.05) is 24.6 Å². The summed E-state index contributed by atoms with van der Waals surface area (Å²) in [6, 6.07) is 10.2. The molecule has 110 valence electrons. The molecule has 2 aliphatic carbocycles. The number of benzene rings is 1. The second-order valence-corrected chi connectivity index (χ2v) is 7.06. The highest BCUT2D eigenvalue weighted by atomic mass is 16.3. The number of nitrogens with zero attached hydrogens (tertiary/aromatic N) is 1. The molecule has 0 aliphatic heterocycles. The Hall–Kier alpha value is -1.41.